The highest BCUT2D eigenvalue weighted by molar-refractivity contribution is 7.89. The molecule has 2 aromatic rings. The Kier molecular flexibility index (Phi) is 4.54. The molecule has 132 valence electrons. The smallest absolute Gasteiger partial charge is 0.244 e. The van der Waals surface area contributed by atoms with Crippen LogP contribution in [-0.2, 0) is 16.6 Å². The van der Waals surface area contributed by atoms with Gasteiger partial charge in [-0.15, -0.1) is 0 Å². The van der Waals surface area contributed by atoms with E-state index in [0.29, 0.717) is 19.0 Å². The van der Waals surface area contributed by atoms with Gasteiger partial charge in [-0.25, -0.2) is 8.42 Å². The van der Waals surface area contributed by atoms with E-state index < -0.39 is 10.0 Å². The number of rotatable bonds is 4. The molecule has 0 spiro atoms. The molecule has 0 aliphatic carbocycles. The molecule has 3 aliphatic heterocycles. The Morgan fingerprint density at radius 1 is 1.04 bits per heavy atom. The highest BCUT2D eigenvalue weighted by atomic mass is 32.2. The zero-order chi connectivity index (χ0) is 17.3. The highest BCUT2D eigenvalue weighted by Crippen LogP contribution is 2.31. The SMILES string of the molecule is O=S(=O)(c1cccnc1)N1C[C@H]2CC[C@@H](C1)N(Cc1ccccn1)C2. The first kappa shape index (κ1) is 16.6. The van der Waals surface area contributed by atoms with Gasteiger partial charge in [0, 0.05) is 50.8 Å². The lowest BCUT2D eigenvalue weighted by atomic mass is 9.95. The third kappa shape index (κ3) is 3.44. The molecule has 2 bridgehead atoms. The summed E-state index contributed by atoms with van der Waals surface area (Å²) in [6.45, 7) is 2.84. The number of sulfonamides is 1. The third-order valence-electron chi connectivity index (χ3n) is 5.16. The van der Waals surface area contributed by atoms with Gasteiger partial charge in [0.15, 0.2) is 0 Å². The van der Waals surface area contributed by atoms with Gasteiger partial charge in [-0.05, 0) is 43.0 Å². The Morgan fingerprint density at radius 2 is 1.96 bits per heavy atom. The fourth-order valence-corrected chi connectivity index (χ4v) is 5.39. The van der Waals surface area contributed by atoms with Crippen molar-refractivity contribution in [2.24, 2.45) is 5.92 Å². The van der Waals surface area contributed by atoms with Crippen molar-refractivity contribution in [1.29, 1.82) is 0 Å². The van der Waals surface area contributed by atoms with Crippen molar-refractivity contribution in [3.8, 4) is 0 Å². The average molecular weight is 358 g/mol. The Labute approximate surface area is 148 Å². The molecule has 5 heterocycles. The standard InChI is InChI=1S/C18H22N4O2S/c23-25(24,18-5-3-8-19-10-18)22-12-15-6-7-17(14-22)21(11-15)13-16-4-1-2-9-20-16/h1-5,8-10,15,17H,6-7,11-14H2/t15-,17-/m0/s1. The maximum absolute atomic E-state index is 13.0. The van der Waals surface area contributed by atoms with E-state index in [2.05, 4.69) is 14.9 Å². The number of nitrogens with zero attached hydrogens (tertiary/aromatic N) is 4. The molecule has 3 fully saturated rings. The fraction of sp³-hybridized carbons (Fsp3) is 0.444. The van der Waals surface area contributed by atoms with Crippen molar-refractivity contribution in [2.75, 3.05) is 19.6 Å². The number of aromatic nitrogens is 2. The van der Waals surface area contributed by atoms with Crippen molar-refractivity contribution in [1.82, 2.24) is 19.2 Å². The molecular formula is C18H22N4O2S. The molecule has 0 unspecified atom stereocenters. The van der Waals surface area contributed by atoms with E-state index in [0.717, 1.165) is 31.6 Å². The Morgan fingerprint density at radius 3 is 2.72 bits per heavy atom. The summed E-state index contributed by atoms with van der Waals surface area (Å²) in [7, 11) is -3.48. The van der Waals surface area contributed by atoms with Gasteiger partial charge in [-0.2, -0.15) is 4.31 Å². The van der Waals surface area contributed by atoms with Crippen LogP contribution in [0.3, 0.4) is 0 Å². The molecule has 0 radical (unpaired) electrons. The van der Waals surface area contributed by atoms with Crippen LogP contribution in [0.4, 0.5) is 0 Å². The highest BCUT2D eigenvalue weighted by Gasteiger charge is 2.39. The van der Waals surface area contributed by atoms with E-state index in [-0.39, 0.29) is 10.9 Å². The molecule has 2 aromatic heterocycles. The second-order valence-electron chi connectivity index (χ2n) is 6.86. The molecule has 5 rings (SSSR count). The van der Waals surface area contributed by atoms with Crippen LogP contribution in [0.2, 0.25) is 0 Å². The van der Waals surface area contributed by atoms with E-state index in [4.69, 9.17) is 0 Å². The topological polar surface area (TPSA) is 66.4 Å². The van der Waals surface area contributed by atoms with Gasteiger partial charge in [0.1, 0.15) is 4.90 Å². The van der Waals surface area contributed by atoms with Gasteiger partial charge < -0.3 is 0 Å². The van der Waals surface area contributed by atoms with Crippen LogP contribution in [0, 0.1) is 5.92 Å². The van der Waals surface area contributed by atoms with Crippen molar-refractivity contribution in [2.45, 2.75) is 30.3 Å². The molecule has 0 aromatic carbocycles. The molecular weight excluding hydrogens is 336 g/mol. The van der Waals surface area contributed by atoms with E-state index in [1.807, 2.05) is 24.4 Å². The largest absolute Gasteiger partial charge is 0.293 e. The van der Waals surface area contributed by atoms with E-state index in [1.54, 1.807) is 22.6 Å². The van der Waals surface area contributed by atoms with Crippen LogP contribution in [0.5, 0.6) is 0 Å². The van der Waals surface area contributed by atoms with Crippen molar-refractivity contribution < 1.29 is 8.42 Å². The summed E-state index contributed by atoms with van der Waals surface area (Å²) in [6, 6.07) is 9.49. The van der Waals surface area contributed by atoms with Crippen LogP contribution in [0.25, 0.3) is 0 Å². The second kappa shape index (κ2) is 6.82. The zero-order valence-corrected chi connectivity index (χ0v) is 14.8. The van der Waals surface area contributed by atoms with Gasteiger partial charge >= 0.3 is 0 Å². The number of hydrogen-bond donors (Lipinski definition) is 0. The quantitative estimate of drug-likeness (QED) is 0.833. The molecule has 0 amide bonds. The number of fused-ring (bicyclic) bond motifs is 4. The minimum Gasteiger partial charge on any atom is -0.293 e. The third-order valence-corrected chi connectivity index (χ3v) is 6.97. The predicted octanol–water partition coefficient (Wildman–Crippen LogP) is 1.76. The first-order chi connectivity index (χ1) is 12.1. The Balaban J connectivity index is 1.55. The molecule has 0 saturated carbocycles. The monoisotopic (exact) mass is 358 g/mol. The Hall–Kier alpha value is -1.83. The summed E-state index contributed by atoms with van der Waals surface area (Å²) in [5.74, 6) is 0.369. The summed E-state index contributed by atoms with van der Waals surface area (Å²) in [5, 5.41) is 0. The lowest BCUT2D eigenvalue weighted by Crippen LogP contribution is -2.44. The number of hydrogen-bond acceptors (Lipinski definition) is 5. The van der Waals surface area contributed by atoms with Crippen LogP contribution < -0.4 is 0 Å². The summed E-state index contributed by atoms with van der Waals surface area (Å²) in [5.41, 5.74) is 1.04. The molecule has 3 aliphatic rings. The first-order valence-electron chi connectivity index (χ1n) is 8.67. The van der Waals surface area contributed by atoms with Gasteiger partial charge in [-0.1, -0.05) is 6.07 Å². The predicted molar refractivity (Wildman–Crippen MR) is 94.2 cm³/mol. The van der Waals surface area contributed by atoms with Crippen LogP contribution in [0.1, 0.15) is 18.5 Å². The van der Waals surface area contributed by atoms with Gasteiger partial charge in [0.05, 0.1) is 5.69 Å². The minimum atomic E-state index is -3.48. The molecule has 2 atom stereocenters. The normalized spacial score (nSPS) is 25.0. The van der Waals surface area contributed by atoms with E-state index >= 15 is 0 Å². The van der Waals surface area contributed by atoms with Crippen molar-refractivity contribution in [3.05, 3.63) is 54.6 Å². The van der Waals surface area contributed by atoms with E-state index in [1.165, 1.54) is 6.20 Å². The fourth-order valence-electron chi connectivity index (χ4n) is 3.87. The molecule has 7 heteroatoms. The first-order valence-corrected chi connectivity index (χ1v) is 10.1. The van der Waals surface area contributed by atoms with Crippen LogP contribution >= 0.6 is 0 Å². The maximum atomic E-state index is 13.0. The van der Waals surface area contributed by atoms with Gasteiger partial charge in [-0.3, -0.25) is 14.9 Å². The molecule has 6 nitrogen and oxygen atoms in total. The van der Waals surface area contributed by atoms with Crippen molar-refractivity contribution in [3.63, 3.8) is 0 Å². The van der Waals surface area contributed by atoms with Crippen molar-refractivity contribution >= 4 is 10.0 Å². The van der Waals surface area contributed by atoms with Crippen LogP contribution in [0.15, 0.2) is 53.8 Å². The molecule has 3 saturated heterocycles. The lowest BCUT2D eigenvalue weighted by Gasteiger charge is -2.35. The average Bonchev–Trinajstić information content (AvgIpc) is 2.96. The second-order valence-corrected chi connectivity index (χ2v) is 8.80. The van der Waals surface area contributed by atoms with Crippen LogP contribution in [-0.4, -0.2) is 53.3 Å². The zero-order valence-electron chi connectivity index (χ0n) is 14.0. The summed E-state index contributed by atoms with van der Waals surface area (Å²) in [4.78, 5) is 11.1. The summed E-state index contributed by atoms with van der Waals surface area (Å²) in [6.07, 6.45) is 6.97. The Bertz CT molecular complexity index is 813. The minimum absolute atomic E-state index is 0.243. The van der Waals surface area contributed by atoms with E-state index in [9.17, 15) is 8.42 Å². The van der Waals surface area contributed by atoms with Gasteiger partial charge in [0.25, 0.3) is 0 Å². The molecule has 0 N–H and O–H groups in total. The number of pyridine rings is 2. The van der Waals surface area contributed by atoms with Gasteiger partial charge in [0.2, 0.25) is 10.0 Å². The lowest BCUT2D eigenvalue weighted by molar-refractivity contribution is 0.124. The summed E-state index contributed by atoms with van der Waals surface area (Å²) >= 11 is 0. The number of piperidine rings is 1. The molecule has 25 heavy (non-hydrogen) atoms. The maximum Gasteiger partial charge on any atom is 0.244 e. The summed E-state index contributed by atoms with van der Waals surface area (Å²) < 4.78 is 27.6.